The van der Waals surface area contributed by atoms with Crippen LogP contribution in [0.15, 0.2) is 23.2 Å². The van der Waals surface area contributed by atoms with E-state index in [1.807, 2.05) is 13.8 Å². The lowest BCUT2D eigenvalue weighted by Gasteiger charge is -2.53. The fraction of sp³-hybridized carbons (Fsp3) is 0.526. The second kappa shape index (κ2) is 6.93. The number of carboxylic acid groups (broad SMARTS) is 1. The van der Waals surface area contributed by atoms with Crippen LogP contribution in [0.25, 0.3) is 0 Å². The van der Waals surface area contributed by atoms with Crippen molar-refractivity contribution in [3.63, 3.8) is 0 Å². The molecule has 0 bridgehead atoms. The van der Waals surface area contributed by atoms with Crippen LogP contribution in [0.4, 0.5) is 10.5 Å². The molecule has 2 aliphatic rings. The number of guanidine groups is 1. The van der Waals surface area contributed by atoms with Gasteiger partial charge in [0, 0.05) is 6.04 Å². The first-order valence-corrected chi connectivity index (χ1v) is 9.53. The fourth-order valence-corrected chi connectivity index (χ4v) is 4.29. The van der Waals surface area contributed by atoms with Gasteiger partial charge in [-0.2, -0.15) is 0 Å². The van der Waals surface area contributed by atoms with Crippen LogP contribution in [0.5, 0.6) is 0 Å². The zero-order valence-electron chi connectivity index (χ0n) is 16.1. The van der Waals surface area contributed by atoms with E-state index in [1.54, 1.807) is 25.1 Å². The number of hydrogen-bond donors (Lipinski definition) is 4. The molecule has 1 aliphatic carbocycles. The number of nitrogen functional groups attached to an aromatic ring is 1. The van der Waals surface area contributed by atoms with Crippen molar-refractivity contribution in [3.8, 4) is 0 Å². The topological polar surface area (TPSA) is 128 Å². The summed E-state index contributed by atoms with van der Waals surface area (Å²) in [7, 11) is 0. The number of aliphatic hydroxyl groups is 1. The first-order chi connectivity index (χ1) is 13.0. The molecule has 1 saturated carbocycles. The number of halogens is 1. The normalized spacial score (nSPS) is 31.6. The Hall–Kier alpha value is -2.32. The third-order valence-electron chi connectivity index (χ3n) is 5.83. The number of nitrogens with two attached hydrogens (primary N) is 1. The van der Waals surface area contributed by atoms with Crippen LogP contribution >= 0.6 is 11.6 Å². The number of carbonyl (C=O) groups is 2. The molecule has 28 heavy (non-hydrogen) atoms. The molecule has 1 heterocycles. The van der Waals surface area contributed by atoms with Crippen molar-refractivity contribution in [2.24, 2.45) is 10.9 Å². The predicted octanol–water partition coefficient (Wildman–Crippen LogP) is 2.54. The van der Waals surface area contributed by atoms with E-state index in [4.69, 9.17) is 17.3 Å². The number of anilines is 1. The minimum atomic E-state index is -1.42. The Labute approximate surface area is 168 Å². The third kappa shape index (κ3) is 3.42. The lowest BCUT2D eigenvalue weighted by molar-refractivity contribution is -0.146. The van der Waals surface area contributed by atoms with E-state index in [2.05, 4.69) is 10.3 Å². The van der Waals surface area contributed by atoms with Gasteiger partial charge in [0.15, 0.2) is 0 Å². The van der Waals surface area contributed by atoms with Gasteiger partial charge in [-0.25, -0.2) is 4.79 Å². The smallest absolute Gasteiger partial charge is 0.434 e. The van der Waals surface area contributed by atoms with Crippen LogP contribution in [0, 0.1) is 5.92 Å². The van der Waals surface area contributed by atoms with Crippen molar-refractivity contribution in [2.45, 2.75) is 57.2 Å². The van der Waals surface area contributed by atoms with Gasteiger partial charge in [0.1, 0.15) is 0 Å². The Kier molecular flexibility index (Phi) is 5.05. The average molecular weight is 409 g/mol. The van der Waals surface area contributed by atoms with E-state index >= 15 is 0 Å². The molecule has 5 N–H and O–H groups in total. The first-order valence-electron chi connectivity index (χ1n) is 9.15. The minimum absolute atomic E-state index is 0.0350. The highest BCUT2D eigenvalue weighted by Gasteiger charge is 2.52. The number of benzene rings is 1. The summed E-state index contributed by atoms with van der Waals surface area (Å²) >= 11 is 6.35. The van der Waals surface area contributed by atoms with Gasteiger partial charge in [0.25, 0.3) is 0 Å². The number of hydrogen-bond acceptors (Lipinski definition) is 4. The van der Waals surface area contributed by atoms with Crippen LogP contribution in [0.3, 0.4) is 0 Å². The first kappa shape index (κ1) is 20.4. The summed E-state index contributed by atoms with van der Waals surface area (Å²) in [6, 6.07) is 4.81. The Bertz CT molecular complexity index is 850. The molecule has 0 spiro atoms. The number of amides is 2. The van der Waals surface area contributed by atoms with Crippen molar-refractivity contribution in [3.05, 3.63) is 28.8 Å². The molecule has 9 heteroatoms. The summed E-state index contributed by atoms with van der Waals surface area (Å²) < 4.78 is 0. The van der Waals surface area contributed by atoms with Crippen molar-refractivity contribution in [1.82, 2.24) is 10.2 Å². The molecule has 0 radical (unpaired) electrons. The quantitative estimate of drug-likeness (QED) is 0.569. The van der Waals surface area contributed by atoms with Gasteiger partial charge in [-0.15, -0.1) is 4.99 Å². The van der Waals surface area contributed by atoms with Gasteiger partial charge in [0.2, 0.25) is 11.9 Å². The number of rotatable bonds is 3. The Morgan fingerprint density at radius 1 is 1.43 bits per heavy atom. The summed E-state index contributed by atoms with van der Waals surface area (Å²) in [5.41, 5.74) is 5.02. The molecule has 2 fully saturated rings. The molecule has 152 valence electrons. The van der Waals surface area contributed by atoms with E-state index in [9.17, 15) is 19.8 Å². The number of nitrogens with zero attached hydrogens (tertiary/aromatic N) is 2. The minimum Gasteiger partial charge on any atom is -0.463 e. The lowest BCUT2D eigenvalue weighted by atomic mass is 9.68. The zero-order valence-corrected chi connectivity index (χ0v) is 16.8. The van der Waals surface area contributed by atoms with Gasteiger partial charge in [-0.1, -0.05) is 37.6 Å². The summed E-state index contributed by atoms with van der Waals surface area (Å²) in [6.45, 7) is 5.58. The summed E-state index contributed by atoms with van der Waals surface area (Å²) in [5, 5.41) is 23.2. The van der Waals surface area contributed by atoms with E-state index in [-0.39, 0.29) is 30.2 Å². The fourth-order valence-electron chi connectivity index (χ4n) is 3.95. The SMILES string of the molecule is CC(C)C1(O)CC(N2C(=O)C[C@@](C)(c3cccc(N)c3Cl)N/C2=N\C(=O)O)C1. The second-order valence-corrected chi connectivity index (χ2v) is 8.52. The highest BCUT2D eigenvalue weighted by molar-refractivity contribution is 6.34. The molecule has 2 amide bonds. The second-order valence-electron chi connectivity index (χ2n) is 8.14. The zero-order chi connectivity index (χ0) is 20.9. The standard InChI is InChI=1S/C19H25ClN4O4/c1-10(2)19(28)7-11(8-19)24-14(25)9-18(3,23-16(24)22-17(26)27)12-5-4-6-13(21)15(12)20/h4-6,10-11,28H,7-9,21H2,1-3H3,(H,22,23)(H,26,27)/t11?,18-,19?/m0/s1. The molecular weight excluding hydrogens is 384 g/mol. The van der Waals surface area contributed by atoms with E-state index in [1.165, 1.54) is 4.90 Å². The molecule has 1 aromatic rings. The summed E-state index contributed by atoms with van der Waals surface area (Å²) in [4.78, 5) is 29.3. The molecular formula is C19H25ClN4O4. The average Bonchev–Trinajstić information content (AvgIpc) is 2.54. The van der Waals surface area contributed by atoms with Crippen LogP contribution in [0.2, 0.25) is 5.02 Å². The summed E-state index contributed by atoms with van der Waals surface area (Å²) in [6.07, 6.45) is -0.633. The van der Waals surface area contributed by atoms with Crippen LogP contribution in [-0.2, 0) is 10.3 Å². The molecule has 1 aliphatic heterocycles. The van der Waals surface area contributed by atoms with E-state index in [0.29, 0.717) is 29.1 Å². The largest absolute Gasteiger partial charge is 0.463 e. The maximum absolute atomic E-state index is 13.0. The van der Waals surface area contributed by atoms with E-state index < -0.39 is 17.2 Å². The molecule has 1 saturated heterocycles. The third-order valence-corrected chi connectivity index (χ3v) is 6.25. The Morgan fingerprint density at radius 2 is 2.07 bits per heavy atom. The lowest BCUT2D eigenvalue weighted by Crippen LogP contribution is -2.67. The number of carbonyl (C=O) groups excluding carboxylic acids is 1. The van der Waals surface area contributed by atoms with Gasteiger partial charge < -0.3 is 21.3 Å². The Morgan fingerprint density at radius 3 is 2.64 bits per heavy atom. The van der Waals surface area contributed by atoms with Crippen molar-refractivity contribution in [1.29, 1.82) is 0 Å². The van der Waals surface area contributed by atoms with Crippen LogP contribution < -0.4 is 11.1 Å². The molecule has 8 nitrogen and oxygen atoms in total. The van der Waals surface area contributed by atoms with Crippen molar-refractivity contribution >= 4 is 35.2 Å². The van der Waals surface area contributed by atoms with Crippen LogP contribution in [-0.4, -0.2) is 44.7 Å². The highest BCUT2D eigenvalue weighted by atomic mass is 35.5. The summed E-state index contributed by atoms with van der Waals surface area (Å²) in [5.74, 6) is -0.302. The molecule has 1 atom stereocenters. The molecule has 0 aromatic heterocycles. The Balaban J connectivity index is 1.94. The predicted molar refractivity (Wildman–Crippen MR) is 106 cm³/mol. The monoisotopic (exact) mass is 408 g/mol. The molecule has 1 aromatic carbocycles. The van der Waals surface area contributed by atoms with Gasteiger partial charge in [-0.3, -0.25) is 9.69 Å². The number of aliphatic imine (C=N–C) groups is 1. The maximum atomic E-state index is 13.0. The van der Waals surface area contributed by atoms with Gasteiger partial charge >= 0.3 is 6.09 Å². The van der Waals surface area contributed by atoms with Crippen LogP contribution in [0.1, 0.15) is 45.6 Å². The highest BCUT2D eigenvalue weighted by Crippen LogP contribution is 2.44. The van der Waals surface area contributed by atoms with Gasteiger partial charge in [-0.05, 0) is 37.3 Å². The van der Waals surface area contributed by atoms with Gasteiger partial charge in [0.05, 0.1) is 28.3 Å². The maximum Gasteiger partial charge on any atom is 0.434 e. The van der Waals surface area contributed by atoms with Crippen molar-refractivity contribution in [2.75, 3.05) is 5.73 Å². The van der Waals surface area contributed by atoms with Crippen molar-refractivity contribution < 1.29 is 19.8 Å². The molecule has 3 rings (SSSR count). The molecule has 0 unspecified atom stereocenters. The van der Waals surface area contributed by atoms with E-state index in [0.717, 1.165) is 0 Å². The number of nitrogens with one attached hydrogen (secondary N) is 1.